The summed E-state index contributed by atoms with van der Waals surface area (Å²) in [6.07, 6.45) is -11.8. The molecule has 9 fully saturated rings. The van der Waals surface area contributed by atoms with Gasteiger partial charge in [-0.05, 0) is 93.3 Å². The molecule has 0 radical (unpaired) electrons. The van der Waals surface area contributed by atoms with Crippen molar-refractivity contribution in [2.45, 2.75) is 217 Å². The quantitative estimate of drug-likeness (QED) is 0.0934. The SMILES string of the molecule is CC(=O)OC1C(CO)OC(OC2C(O)COC(OC3CCC4(C)C(CCC5(C)C4CCC4C6C(C)(O)CC(C=C(C)C)OC67CC45CO7)C3(C)C)C2OC(C)=O)C(O)C1OC1OCC(O)C(O)C1O. The summed E-state index contributed by atoms with van der Waals surface area (Å²) < 4.78 is 61.7. The van der Waals surface area contributed by atoms with Crippen LogP contribution in [0.2, 0.25) is 0 Å². The summed E-state index contributed by atoms with van der Waals surface area (Å²) in [5.74, 6) is -1.59. The summed E-state index contributed by atoms with van der Waals surface area (Å²) in [4.78, 5) is 25.1. The number of hydrogen-bond acceptors (Lipinski definition) is 19. The van der Waals surface area contributed by atoms with Crippen molar-refractivity contribution in [3.63, 3.8) is 0 Å². The Morgan fingerprint density at radius 1 is 0.710 bits per heavy atom. The first-order valence-corrected chi connectivity index (χ1v) is 25.2. The second-order valence-electron chi connectivity index (χ2n) is 23.7. The van der Waals surface area contributed by atoms with Crippen LogP contribution in [0.3, 0.4) is 0 Å². The Bertz CT molecular complexity index is 1940. The maximum absolute atomic E-state index is 12.8. The summed E-state index contributed by atoms with van der Waals surface area (Å²) in [5, 5.41) is 77.0. The highest BCUT2D eigenvalue weighted by Crippen LogP contribution is 2.80. The molecule has 0 aromatic rings. The number of allylic oxidation sites excluding steroid dienone is 1. The van der Waals surface area contributed by atoms with Crippen molar-refractivity contribution in [2.75, 3.05) is 26.4 Å². The highest BCUT2D eigenvalue weighted by atomic mass is 16.8. The first kappa shape index (κ1) is 52.0. The molecule has 9 aliphatic rings. The highest BCUT2D eigenvalue weighted by Gasteiger charge is 2.81. The molecule has 5 aliphatic heterocycles. The van der Waals surface area contributed by atoms with Crippen LogP contribution in [-0.2, 0) is 57.0 Å². The number of hydrogen-bond donors (Lipinski definition) is 7. The minimum absolute atomic E-state index is 0.0686. The molecule has 0 aromatic heterocycles. The summed E-state index contributed by atoms with van der Waals surface area (Å²) in [6, 6.07) is 0. The van der Waals surface area contributed by atoms with Crippen molar-refractivity contribution in [1.82, 2.24) is 0 Å². The van der Waals surface area contributed by atoms with E-state index in [4.69, 9.17) is 47.4 Å². The Labute approximate surface area is 404 Å². The zero-order valence-electron chi connectivity index (χ0n) is 41.6. The van der Waals surface area contributed by atoms with Gasteiger partial charge in [0.1, 0.15) is 48.8 Å². The Kier molecular flexibility index (Phi) is 13.9. The van der Waals surface area contributed by atoms with Crippen molar-refractivity contribution in [3.8, 4) is 0 Å². The predicted octanol–water partition coefficient (Wildman–Crippen LogP) is 1.75. The fourth-order valence-corrected chi connectivity index (χ4v) is 16.2. The zero-order chi connectivity index (χ0) is 50.0. The van der Waals surface area contributed by atoms with E-state index in [9.17, 15) is 45.3 Å². The van der Waals surface area contributed by atoms with Crippen molar-refractivity contribution in [3.05, 3.63) is 11.6 Å². The number of esters is 2. The number of carbonyl (C=O) groups excluding carboxylic acids is 2. The Morgan fingerprint density at radius 3 is 2.06 bits per heavy atom. The van der Waals surface area contributed by atoms with Crippen molar-refractivity contribution < 1.29 is 92.7 Å². The first-order chi connectivity index (χ1) is 32.3. The van der Waals surface area contributed by atoms with E-state index in [1.54, 1.807) is 0 Å². The molecule has 24 unspecified atom stereocenters. The average molecular weight is 983 g/mol. The third kappa shape index (κ3) is 8.46. The van der Waals surface area contributed by atoms with E-state index in [-0.39, 0.29) is 52.8 Å². The fraction of sp³-hybridized carbons (Fsp3) is 0.920. The van der Waals surface area contributed by atoms with E-state index in [0.717, 1.165) is 51.0 Å². The maximum Gasteiger partial charge on any atom is 0.303 e. The van der Waals surface area contributed by atoms with Gasteiger partial charge in [-0.2, -0.15) is 0 Å². The number of aliphatic hydroxyl groups excluding tert-OH is 6. The molecule has 19 heteroatoms. The van der Waals surface area contributed by atoms with E-state index in [1.807, 2.05) is 6.92 Å². The molecule has 5 heterocycles. The average Bonchev–Trinajstić information content (AvgIpc) is 3.78. The normalized spacial score (nSPS) is 53.2. The lowest BCUT2D eigenvalue weighted by Crippen LogP contribution is -2.68. The molecular formula is C50H78O19. The lowest BCUT2D eigenvalue weighted by molar-refractivity contribution is -0.374. The molecule has 392 valence electrons. The predicted molar refractivity (Wildman–Crippen MR) is 238 cm³/mol. The van der Waals surface area contributed by atoms with Crippen LogP contribution in [0.1, 0.15) is 114 Å². The van der Waals surface area contributed by atoms with Gasteiger partial charge in [0.2, 0.25) is 0 Å². The van der Waals surface area contributed by atoms with Gasteiger partial charge in [0.05, 0.1) is 44.2 Å². The summed E-state index contributed by atoms with van der Waals surface area (Å²) >= 11 is 0. The minimum atomic E-state index is -1.86. The van der Waals surface area contributed by atoms with Gasteiger partial charge in [0.25, 0.3) is 0 Å². The molecule has 0 aromatic carbocycles. The van der Waals surface area contributed by atoms with Gasteiger partial charge in [-0.1, -0.05) is 39.3 Å². The number of rotatable bonds is 10. The number of fused-ring (bicyclic) bond motifs is 4. The van der Waals surface area contributed by atoms with Gasteiger partial charge in [-0.25, -0.2) is 0 Å². The molecule has 24 atom stereocenters. The standard InChI is InChI=1S/C50H78O19/c1-23(2)16-26-17-48(9,59)41-27-10-11-32-46(7)14-13-33(45(5,6)31(46)12-15-47(32,8)49(27)21-50(41,69-26)62-22-49)66-44-40(64-25(4)53)37(29(55)20-61-44)67-43-36(58)39(38(63-24(3)52)30(18-51)65-43)68-42-35(57)34(56)28(54)19-60-42/h16,26-44,51,54-59H,10-15,17-22H2,1-9H3. The van der Waals surface area contributed by atoms with Crippen LogP contribution in [-0.4, -0.2) is 178 Å². The molecule has 2 bridgehead atoms. The van der Waals surface area contributed by atoms with Gasteiger partial charge in [-0.3, -0.25) is 9.59 Å². The lowest BCUT2D eigenvalue weighted by Gasteiger charge is -2.70. The van der Waals surface area contributed by atoms with Gasteiger partial charge >= 0.3 is 11.9 Å². The second kappa shape index (κ2) is 18.5. The second-order valence-corrected chi connectivity index (χ2v) is 23.7. The fourth-order valence-electron chi connectivity index (χ4n) is 16.2. The van der Waals surface area contributed by atoms with Crippen LogP contribution in [0.25, 0.3) is 0 Å². The van der Waals surface area contributed by atoms with Gasteiger partial charge in [-0.15, -0.1) is 0 Å². The van der Waals surface area contributed by atoms with Crippen LogP contribution in [0.5, 0.6) is 0 Å². The van der Waals surface area contributed by atoms with Crippen LogP contribution in [0, 0.1) is 45.3 Å². The highest BCUT2D eigenvalue weighted by molar-refractivity contribution is 5.66. The zero-order valence-corrected chi connectivity index (χ0v) is 41.6. The minimum Gasteiger partial charge on any atom is -0.457 e. The smallest absolute Gasteiger partial charge is 0.303 e. The monoisotopic (exact) mass is 983 g/mol. The molecule has 2 spiro atoms. The summed E-state index contributed by atoms with van der Waals surface area (Å²) in [7, 11) is 0. The number of carbonyl (C=O) groups is 2. The van der Waals surface area contributed by atoms with Crippen LogP contribution >= 0.6 is 0 Å². The van der Waals surface area contributed by atoms with Gasteiger partial charge in [0.15, 0.2) is 36.9 Å². The van der Waals surface area contributed by atoms with Gasteiger partial charge < -0.3 is 83.1 Å². The molecule has 69 heavy (non-hydrogen) atoms. The molecule has 5 saturated heterocycles. The molecule has 9 rings (SSSR count). The molecule has 4 saturated carbocycles. The summed E-state index contributed by atoms with van der Waals surface area (Å²) in [6.45, 7) is 17.0. The third-order valence-corrected chi connectivity index (χ3v) is 18.9. The van der Waals surface area contributed by atoms with Crippen molar-refractivity contribution in [2.24, 2.45) is 45.3 Å². The van der Waals surface area contributed by atoms with Crippen LogP contribution in [0.15, 0.2) is 11.6 Å². The van der Waals surface area contributed by atoms with E-state index in [1.165, 1.54) is 6.92 Å². The maximum atomic E-state index is 12.8. The molecule has 4 aliphatic carbocycles. The van der Waals surface area contributed by atoms with E-state index in [2.05, 4.69) is 47.6 Å². The van der Waals surface area contributed by atoms with Crippen molar-refractivity contribution >= 4 is 11.9 Å². The van der Waals surface area contributed by atoms with Crippen molar-refractivity contribution in [1.29, 1.82) is 0 Å². The van der Waals surface area contributed by atoms with E-state index < -0.39 is 122 Å². The van der Waals surface area contributed by atoms with Crippen LogP contribution < -0.4 is 0 Å². The third-order valence-electron chi connectivity index (χ3n) is 18.9. The number of aliphatic hydroxyl groups is 7. The number of ether oxygens (including phenoxy) is 10. The molecular weight excluding hydrogens is 905 g/mol. The lowest BCUT2D eigenvalue weighted by atomic mass is 9.35. The Morgan fingerprint density at radius 2 is 1.38 bits per heavy atom. The van der Waals surface area contributed by atoms with E-state index >= 15 is 0 Å². The Balaban J connectivity index is 0.932. The topological polar surface area (TPSA) is 268 Å². The first-order valence-electron chi connectivity index (χ1n) is 25.2. The van der Waals surface area contributed by atoms with Gasteiger partial charge in [0, 0.05) is 38.0 Å². The van der Waals surface area contributed by atoms with Crippen LogP contribution in [0.4, 0.5) is 0 Å². The Hall–Kier alpha value is -1.92. The molecule has 19 nitrogen and oxygen atoms in total. The summed E-state index contributed by atoms with van der Waals surface area (Å²) in [5.41, 5.74) is -0.481. The largest absolute Gasteiger partial charge is 0.457 e. The molecule has 7 N–H and O–H groups in total. The van der Waals surface area contributed by atoms with E-state index in [0.29, 0.717) is 25.4 Å². The molecule has 0 amide bonds.